The van der Waals surface area contributed by atoms with Crippen molar-refractivity contribution in [1.82, 2.24) is 8.61 Å². The third kappa shape index (κ3) is 4.20. The van der Waals surface area contributed by atoms with E-state index in [1.165, 1.54) is 40.0 Å². The van der Waals surface area contributed by atoms with E-state index >= 15 is 0 Å². The van der Waals surface area contributed by atoms with E-state index in [4.69, 9.17) is 4.74 Å². The molecular formula is C19H22N2O6S2. The monoisotopic (exact) mass is 438 g/mol. The molecule has 0 unspecified atom stereocenters. The first-order valence-electron chi connectivity index (χ1n) is 8.92. The third-order valence-corrected chi connectivity index (χ3v) is 8.64. The molecule has 0 saturated carbocycles. The smallest absolute Gasteiger partial charge is 0.338 e. The van der Waals surface area contributed by atoms with Crippen LogP contribution in [0.1, 0.15) is 15.9 Å². The number of ether oxygens (including phenoxy) is 1. The Morgan fingerprint density at radius 2 is 1.34 bits per heavy atom. The minimum Gasteiger partial charge on any atom is -0.465 e. The fraction of sp³-hybridized carbons (Fsp3) is 0.316. The number of benzene rings is 2. The molecule has 0 amide bonds. The van der Waals surface area contributed by atoms with Gasteiger partial charge in [-0.1, -0.05) is 24.3 Å². The Labute approximate surface area is 170 Å². The van der Waals surface area contributed by atoms with Gasteiger partial charge in [0.1, 0.15) is 0 Å². The van der Waals surface area contributed by atoms with Crippen LogP contribution in [0.2, 0.25) is 0 Å². The lowest BCUT2D eigenvalue weighted by Gasteiger charge is -2.33. The summed E-state index contributed by atoms with van der Waals surface area (Å²) in [5.74, 6) is -0.613. The van der Waals surface area contributed by atoms with Gasteiger partial charge in [-0.25, -0.2) is 21.6 Å². The van der Waals surface area contributed by atoms with Crippen molar-refractivity contribution in [2.24, 2.45) is 0 Å². The Hall–Kier alpha value is -2.27. The first-order valence-corrected chi connectivity index (χ1v) is 11.8. The molecule has 29 heavy (non-hydrogen) atoms. The molecule has 1 fully saturated rings. The van der Waals surface area contributed by atoms with E-state index in [2.05, 4.69) is 0 Å². The average molecular weight is 439 g/mol. The summed E-state index contributed by atoms with van der Waals surface area (Å²) in [5, 5.41) is 0. The number of carbonyl (C=O) groups excluding carboxylic acids is 1. The first-order chi connectivity index (χ1) is 13.7. The van der Waals surface area contributed by atoms with Crippen molar-refractivity contribution in [1.29, 1.82) is 0 Å². The van der Waals surface area contributed by atoms with Crippen molar-refractivity contribution < 1.29 is 26.4 Å². The zero-order valence-electron chi connectivity index (χ0n) is 16.1. The molecule has 1 saturated heterocycles. The Kier molecular flexibility index (Phi) is 6.08. The molecule has 0 aromatic heterocycles. The third-order valence-electron chi connectivity index (χ3n) is 4.83. The predicted octanol–water partition coefficient (Wildman–Crippen LogP) is 1.48. The fourth-order valence-electron chi connectivity index (χ4n) is 3.13. The summed E-state index contributed by atoms with van der Waals surface area (Å²) in [6.07, 6.45) is 0. The summed E-state index contributed by atoms with van der Waals surface area (Å²) in [6.45, 7) is 1.83. The molecule has 0 aliphatic carbocycles. The van der Waals surface area contributed by atoms with Crippen LogP contribution in [0.3, 0.4) is 0 Å². The van der Waals surface area contributed by atoms with Crippen molar-refractivity contribution in [3.05, 3.63) is 59.7 Å². The van der Waals surface area contributed by atoms with Crippen LogP contribution >= 0.6 is 0 Å². The molecule has 1 aliphatic rings. The van der Waals surface area contributed by atoms with E-state index in [1.807, 2.05) is 0 Å². The van der Waals surface area contributed by atoms with Gasteiger partial charge in [0, 0.05) is 26.2 Å². The van der Waals surface area contributed by atoms with Gasteiger partial charge in [0.15, 0.2) is 0 Å². The number of piperazine rings is 1. The van der Waals surface area contributed by atoms with Gasteiger partial charge >= 0.3 is 5.97 Å². The van der Waals surface area contributed by atoms with Gasteiger partial charge in [-0.15, -0.1) is 0 Å². The molecule has 1 heterocycles. The van der Waals surface area contributed by atoms with Gasteiger partial charge in [-0.3, -0.25) is 0 Å². The van der Waals surface area contributed by atoms with E-state index in [9.17, 15) is 21.6 Å². The number of methoxy groups -OCH3 is 1. The maximum Gasteiger partial charge on any atom is 0.338 e. The van der Waals surface area contributed by atoms with Gasteiger partial charge < -0.3 is 4.74 Å². The lowest BCUT2D eigenvalue weighted by Crippen LogP contribution is -2.50. The highest BCUT2D eigenvalue weighted by Crippen LogP contribution is 2.23. The maximum atomic E-state index is 13.0. The van der Waals surface area contributed by atoms with Crippen molar-refractivity contribution in [2.45, 2.75) is 16.7 Å². The molecule has 0 atom stereocenters. The molecule has 0 spiro atoms. The second kappa shape index (κ2) is 8.23. The van der Waals surface area contributed by atoms with E-state index in [0.29, 0.717) is 5.56 Å². The predicted molar refractivity (Wildman–Crippen MR) is 106 cm³/mol. The van der Waals surface area contributed by atoms with Gasteiger partial charge in [0.2, 0.25) is 20.0 Å². The minimum absolute atomic E-state index is 0.0236. The second-order valence-electron chi connectivity index (χ2n) is 6.59. The summed E-state index contributed by atoms with van der Waals surface area (Å²) in [7, 11) is -6.31. The molecule has 0 radical (unpaired) electrons. The van der Waals surface area contributed by atoms with Gasteiger partial charge in [-0.2, -0.15) is 8.61 Å². The largest absolute Gasteiger partial charge is 0.465 e. The van der Waals surface area contributed by atoms with Crippen molar-refractivity contribution in [2.75, 3.05) is 33.3 Å². The van der Waals surface area contributed by atoms with Gasteiger partial charge in [0.25, 0.3) is 0 Å². The van der Waals surface area contributed by atoms with Crippen LogP contribution in [-0.4, -0.2) is 64.7 Å². The Morgan fingerprint density at radius 1 is 0.828 bits per heavy atom. The molecular weight excluding hydrogens is 416 g/mol. The number of esters is 1. The molecule has 8 nitrogen and oxygen atoms in total. The summed E-state index contributed by atoms with van der Waals surface area (Å²) in [4.78, 5) is 12.0. The van der Waals surface area contributed by atoms with Crippen LogP contribution in [0.4, 0.5) is 0 Å². The lowest BCUT2D eigenvalue weighted by molar-refractivity contribution is 0.0599. The highest BCUT2D eigenvalue weighted by molar-refractivity contribution is 7.89. The van der Waals surface area contributed by atoms with E-state index < -0.39 is 26.0 Å². The molecule has 2 aromatic carbocycles. The number of carbonyl (C=O) groups is 1. The zero-order chi connectivity index (χ0) is 21.2. The van der Waals surface area contributed by atoms with Crippen LogP contribution in [0.5, 0.6) is 0 Å². The number of sulfonamides is 2. The van der Waals surface area contributed by atoms with Crippen molar-refractivity contribution in [3.8, 4) is 0 Å². The minimum atomic E-state index is -3.87. The maximum absolute atomic E-state index is 13.0. The molecule has 0 N–H and O–H groups in total. The Morgan fingerprint density at radius 3 is 1.86 bits per heavy atom. The molecule has 1 aliphatic heterocycles. The van der Waals surface area contributed by atoms with Crippen LogP contribution in [0, 0.1) is 6.92 Å². The molecule has 156 valence electrons. The zero-order valence-corrected chi connectivity index (χ0v) is 17.7. The Balaban J connectivity index is 1.79. The van der Waals surface area contributed by atoms with Crippen molar-refractivity contribution in [3.63, 3.8) is 0 Å². The quantitative estimate of drug-likeness (QED) is 0.656. The number of hydrogen-bond acceptors (Lipinski definition) is 6. The second-order valence-corrected chi connectivity index (χ2v) is 10.5. The number of rotatable bonds is 5. The number of hydrogen-bond donors (Lipinski definition) is 0. The van der Waals surface area contributed by atoms with Crippen molar-refractivity contribution >= 4 is 26.0 Å². The Bertz CT molecular complexity index is 1110. The van der Waals surface area contributed by atoms with Crippen LogP contribution in [0.25, 0.3) is 0 Å². The van der Waals surface area contributed by atoms with Gasteiger partial charge in [-0.05, 0) is 36.8 Å². The highest BCUT2D eigenvalue weighted by Gasteiger charge is 2.34. The molecule has 10 heteroatoms. The topological polar surface area (TPSA) is 101 Å². The van der Waals surface area contributed by atoms with Gasteiger partial charge in [0.05, 0.1) is 22.5 Å². The van der Waals surface area contributed by atoms with E-state index in [-0.39, 0.29) is 41.5 Å². The normalized spacial score (nSPS) is 16.5. The molecule has 0 bridgehead atoms. The number of nitrogens with zero attached hydrogens (tertiary/aromatic N) is 2. The number of aryl methyl sites for hydroxylation is 1. The summed E-state index contributed by atoms with van der Waals surface area (Å²) in [6, 6.07) is 12.3. The molecule has 2 aromatic rings. The first kappa shape index (κ1) is 21.4. The lowest BCUT2D eigenvalue weighted by atomic mass is 10.1. The fourth-order valence-corrected chi connectivity index (χ4v) is 6.02. The summed E-state index contributed by atoms with van der Waals surface area (Å²) >= 11 is 0. The SMILES string of the molecule is COC(=O)c1cc(S(=O)(=O)N2CCN(S(=O)(=O)c3ccccc3)CC2)ccc1C. The summed E-state index contributed by atoms with van der Waals surface area (Å²) in [5.41, 5.74) is 0.786. The summed E-state index contributed by atoms with van der Waals surface area (Å²) < 4.78 is 58.6. The van der Waals surface area contributed by atoms with E-state index in [0.717, 1.165) is 0 Å². The molecule has 3 rings (SSSR count). The van der Waals surface area contributed by atoms with Crippen LogP contribution < -0.4 is 0 Å². The van der Waals surface area contributed by atoms with Crippen LogP contribution in [-0.2, 0) is 24.8 Å². The van der Waals surface area contributed by atoms with Crippen LogP contribution in [0.15, 0.2) is 58.3 Å². The highest BCUT2D eigenvalue weighted by atomic mass is 32.2. The standard InChI is InChI=1S/C19H22N2O6S2/c1-15-8-9-17(14-18(15)19(22)27-2)29(25,26)21-12-10-20(11-13-21)28(23,24)16-6-4-3-5-7-16/h3-9,14H,10-13H2,1-2H3. The van der Waals surface area contributed by atoms with E-state index in [1.54, 1.807) is 31.2 Å². The average Bonchev–Trinajstić information content (AvgIpc) is 2.74.